The average Bonchev–Trinajstić information content (AvgIpc) is 2.75. The molecule has 162 valence electrons. The summed E-state index contributed by atoms with van der Waals surface area (Å²) in [7, 11) is -0.769. The molecule has 7 nitrogen and oxygen atoms in total. The zero-order chi connectivity index (χ0) is 21.7. The molecule has 3 rings (SSSR count). The van der Waals surface area contributed by atoms with Gasteiger partial charge in [-0.25, -0.2) is 17.1 Å². The van der Waals surface area contributed by atoms with E-state index in [2.05, 4.69) is 5.32 Å². The Hall–Kier alpha value is -2.49. The van der Waals surface area contributed by atoms with Crippen LogP contribution >= 0.6 is 0 Å². The molecule has 9 heteroatoms. The number of anilines is 1. The second-order valence-electron chi connectivity index (χ2n) is 7.20. The molecule has 0 saturated carbocycles. The summed E-state index contributed by atoms with van der Waals surface area (Å²) in [6.45, 7) is 2.68. The number of ether oxygens (including phenoxy) is 1. The molecule has 1 amide bonds. The van der Waals surface area contributed by atoms with E-state index in [1.165, 1.54) is 38.4 Å². The third kappa shape index (κ3) is 5.16. The number of hydrogen-bond donors (Lipinski definition) is 1. The number of carbonyl (C=O) groups excluding carboxylic acids is 1. The van der Waals surface area contributed by atoms with E-state index in [0.717, 1.165) is 9.87 Å². The molecule has 0 aliphatic carbocycles. The van der Waals surface area contributed by atoms with E-state index < -0.39 is 10.0 Å². The highest BCUT2D eigenvalue weighted by Crippen LogP contribution is 2.26. The van der Waals surface area contributed by atoms with Crippen LogP contribution in [0.4, 0.5) is 10.1 Å². The van der Waals surface area contributed by atoms with Crippen molar-refractivity contribution in [2.75, 3.05) is 51.8 Å². The van der Waals surface area contributed by atoms with Gasteiger partial charge in [0, 0.05) is 39.4 Å². The van der Waals surface area contributed by atoms with Gasteiger partial charge in [0.25, 0.3) is 5.91 Å². The predicted octanol–water partition coefficient (Wildman–Crippen LogP) is 1.89. The summed E-state index contributed by atoms with van der Waals surface area (Å²) in [6, 6.07) is 10.7. The molecule has 2 aromatic carbocycles. The lowest BCUT2D eigenvalue weighted by atomic mass is 10.1. The van der Waals surface area contributed by atoms with Crippen molar-refractivity contribution in [3.05, 3.63) is 59.4 Å². The fourth-order valence-electron chi connectivity index (χ4n) is 3.21. The number of amides is 1. The maximum absolute atomic E-state index is 13.0. The van der Waals surface area contributed by atoms with Crippen molar-refractivity contribution in [1.29, 1.82) is 0 Å². The first-order valence-corrected chi connectivity index (χ1v) is 11.1. The summed E-state index contributed by atoms with van der Waals surface area (Å²) in [4.78, 5) is 15.0. The van der Waals surface area contributed by atoms with Crippen molar-refractivity contribution in [3.63, 3.8) is 0 Å². The lowest BCUT2D eigenvalue weighted by molar-refractivity contribution is 0.0952. The molecule has 1 heterocycles. The Bertz CT molecular complexity index is 988. The molecule has 0 unspecified atom stereocenters. The third-order valence-corrected chi connectivity index (χ3v) is 6.77. The molecule has 0 bridgehead atoms. The molecule has 1 fully saturated rings. The van der Waals surface area contributed by atoms with E-state index in [1.54, 1.807) is 18.2 Å². The molecule has 0 aromatic heterocycles. The van der Waals surface area contributed by atoms with Gasteiger partial charge in [-0.2, -0.15) is 0 Å². The van der Waals surface area contributed by atoms with E-state index in [9.17, 15) is 17.6 Å². The van der Waals surface area contributed by atoms with E-state index in [1.807, 2.05) is 4.90 Å². The Morgan fingerprint density at radius 2 is 1.80 bits per heavy atom. The van der Waals surface area contributed by atoms with Crippen LogP contribution in [0.3, 0.4) is 0 Å². The summed E-state index contributed by atoms with van der Waals surface area (Å²) in [5.41, 5.74) is 1.88. The first kappa shape index (κ1) is 22.2. The molecule has 2 aromatic rings. The minimum atomic E-state index is -3.67. The van der Waals surface area contributed by atoms with Crippen LogP contribution in [0, 0.1) is 5.82 Å². The molecule has 1 N–H and O–H groups in total. The standard InChI is InChI=1S/C21H26FN3O4S/c1-24(2)30(27,28)18-7-8-20(25-11-13-29-14-12-25)19(15-18)21(26)23-10-9-16-3-5-17(22)6-4-16/h3-8,15H,9-14H2,1-2H3,(H,23,26). The van der Waals surface area contributed by atoms with Crippen molar-refractivity contribution >= 4 is 21.6 Å². The number of nitrogens with one attached hydrogen (secondary N) is 1. The lowest BCUT2D eigenvalue weighted by Gasteiger charge is -2.30. The van der Waals surface area contributed by atoms with Gasteiger partial charge in [0.05, 0.1) is 23.7 Å². The Morgan fingerprint density at radius 3 is 2.43 bits per heavy atom. The number of carbonyl (C=O) groups is 1. The lowest BCUT2D eigenvalue weighted by Crippen LogP contribution is -2.38. The topological polar surface area (TPSA) is 79.0 Å². The highest BCUT2D eigenvalue weighted by molar-refractivity contribution is 7.89. The Kier molecular flexibility index (Phi) is 7.06. The zero-order valence-corrected chi connectivity index (χ0v) is 17.9. The van der Waals surface area contributed by atoms with E-state index >= 15 is 0 Å². The second-order valence-corrected chi connectivity index (χ2v) is 9.35. The van der Waals surface area contributed by atoms with Crippen molar-refractivity contribution in [2.24, 2.45) is 0 Å². The SMILES string of the molecule is CN(C)S(=O)(=O)c1ccc(N2CCOCC2)c(C(=O)NCCc2ccc(F)cc2)c1. The van der Waals surface area contributed by atoms with Crippen LogP contribution in [-0.2, 0) is 21.2 Å². The van der Waals surface area contributed by atoms with Crippen molar-refractivity contribution in [3.8, 4) is 0 Å². The van der Waals surface area contributed by atoms with Gasteiger partial charge >= 0.3 is 0 Å². The van der Waals surface area contributed by atoms with Crippen LogP contribution in [0.5, 0.6) is 0 Å². The van der Waals surface area contributed by atoms with Crippen LogP contribution in [0.25, 0.3) is 0 Å². The van der Waals surface area contributed by atoms with Gasteiger partial charge in [0.2, 0.25) is 10.0 Å². The molecule has 1 saturated heterocycles. The molecule has 0 radical (unpaired) electrons. The number of nitrogens with zero attached hydrogens (tertiary/aromatic N) is 2. The summed E-state index contributed by atoms with van der Waals surface area (Å²) in [5, 5.41) is 2.85. The monoisotopic (exact) mass is 435 g/mol. The fraction of sp³-hybridized carbons (Fsp3) is 0.381. The first-order valence-electron chi connectivity index (χ1n) is 9.71. The van der Waals surface area contributed by atoms with Crippen molar-refractivity contribution in [2.45, 2.75) is 11.3 Å². The normalized spacial score (nSPS) is 14.7. The van der Waals surface area contributed by atoms with Crippen LogP contribution in [0.15, 0.2) is 47.4 Å². The number of benzene rings is 2. The van der Waals surface area contributed by atoms with Gasteiger partial charge in [-0.3, -0.25) is 4.79 Å². The summed E-state index contributed by atoms with van der Waals surface area (Å²) in [5.74, 6) is -0.661. The minimum absolute atomic E-state index is 0.0631. The van der Waals surface area contributed by atoms with Crippen LogP contribution in [-0.4, -0.2) is 65.6 Å². The number of halogens is 1. The van der Waals surface area contributed by atoms with Gasteiger partial charge in [-0.05, 0) is 42.3 Å². The molecule has 30 heavy (non-hydrogen) atoms. The number of hydrogen-bond acceptors (Lipinski definition) is 5. The maximum atomic E-state index is 13.0. The third-order valence-electron chi connectivity index (χ3n) is 4.96. The Balaban J connectivity index is 1.82. The van der Waals surface area contributed by atoms with E-state index in [0.29, 0.717) is 50.5 Å². The van der Waals surface area contributed by atoms with Crippen molar-refractivity contribution < 1.29 is 22.3 Å². The van der Waals surface area contributed by atoms with Gasteiger partial charge in [-0.15, -0.1) is 0 Å². The van der Waals surface area contributed by atoms with Gasteiger partial charge < -0.3 is 15.0 Å². The van der Waals surface area contributed by atoms with Crippen LogP contribution in [0.1, 0.15) is 15.9 Å². The highest BCUT2D eigenvalue weighted by atomic mass is 32.2. The number of sulfonamides is 1. The summed E-state index contributed by atoms with van der Waals surface area (Å²) in [6.07, 6.45) is 0.536. The van der Waals surface area contributed by atoms with Gasteiger partial charge in [-0.1, -0.05) is 12.1 Å². The van der Waals surface area contributed by atoms with E-state index in [-0.39, 0.29) is 16.6 Å². The second kappa shape index (κ2) is 9.55. The molecule has 1 aliphatic rings. The van der Waals surface area contributed by atoms with Crippen molar-refractivity contribution in [1.82, 2.24) is 9.62 Å². The Morgan fingerprint density at radius 1 is 1.13 bits per heavy atom. The van der Waals surface area contributed by atoms with Crippen LogP contribution in [0.2, 0.25) is 0 Å². The smallest absolute Gasteiger partial charge is 0.253 e. The largest absolute Gasteiger partial charge is 0.378 e. The molecular formula is C21H26FN3O4S. The highest BCUT2D eigenvalue weighted by Gasteiger charge is 2.24. The molecule has 0 atom stereocenters. The zero-order valence-electron chi connectivity index (χ0n) is 17.1. The number of rotatable bonds is 7. The summed E-state index contributed by atoms with van der Waals surface area (Å²) < 4.78 is 44.6. The van der Waals surface area contributed by atoms with Crippen LogP contribution < -0.4 is 10.2 Å². The summed E-state index contributed by atoms with van der Waals surface area (Å²) >= 11 is 0. The van der Waals surface area contributed by atoms with E-state index in [4.69, 9.17) is 4.74 Å². The first-order chi connectivity index (χ1) is 14.3. The van der Waals surface area contributed by atoms with Gasteiger partial charge in [0.1, 0.15) is 5.82 Å². The average molecular weight is 436 g/mol. The maximum Gasteiger partial charge on any atom is 0.253 e. The minimum Gasteiger partial charge on any atom is -0.378 e. The molecule has 0 spiro atoms. The van der Waals surface area contributed by atoms with Gasteiger partial charge in [0.15, 0.2) is 0 Å². The number of morpholine rings is 1. The Labute approximate surface area is 176 Å². The predicted molar refractivity (Wildman–Crippen MR) is 113 cm³/mol. The fourth-order valence-corrected chi connectivity index (χ4v) is 4.14. The molecular weight excluding hydrogens is 409 g/mol. The molecule has 1 aliphatic heterocycles. The quantitative estimate of drug-likeness (QED) is 0.719.